The molecule has 0 heterocycles. The number of hydrogen-bond acceptors (Lipinski definition) is 2. The first-order valence-corrected chi connectivity index (χ1v) is 6.88. The van der Waals surface area contributed by atoms with E-state index in [2.05, 4.69) is 15.9 Å². The van der Waals surface area contributed by atoms with Crippen LogP contribution in [0, 0.1) is 5.82 Å². The predicted molar refractivity (Wildman–Crippen MR) is 78.4 cm³/mol. The van der Waals surface area contributed by atoms with Gasteiger partial charge in [0.2, 0.25) is 0 Å². The van der Waals surface area contributed by atoms with E-state index in [1.165, 1.54) is 6.07 Å². The molecule has 19 heavy (non-hydrogen) atoms. The molecule has 5 heteroatoms. The molecule has 0 aliphatic rings. The molecule has 0 aliphatic heterocycles. The van der Waals surface area contributed by atoms with Crippen LogP contribution in [0.3, 0.4) is 0 Å². The van der Waals surface area contributed by atoms with Crippen molar-refractivity contribution in [3.05, 3.63) is 57.3 Å². The fraction of sp³-hybridized carbons (Fsp3) is 0.143. The van der Waals surface area contributed by atoms with Crippen LogP contribution in [-0.2, 0) is 6.42 Å². The highest BCUT2D eigenvalue weighted by atomic mass is 79.9. The average molecular weight is 345 g/mol. The van der Waals surface area contributed by atoms with Crippen molar-refractivity contribution in [2.24, 2.45) is 5.73 Å². The van der Waals surface area contributed by atoms with Gasteiger partial charge < -0.3 is 10.5 Å². The monoisotopic (exact) mass is 343 g/mol. The first-order valence-electron chi connectivity index (χ1n) is 5.71. The zero-order valence-electron chi connectivity index (χ0n) is 10.00. The molecule has 2 rings (SSSR count). The molecule has 0 unspecified atom stereocenters. The Bertz CT molecular complexity index is 592. The van der Waals surface area contributed by atoms with E-state index < -0.39 is 5.82 Å². The Hall–Kier alpha value is -1.10. The van der Waals surface area contributed by atoms with Crippen LogP contribution in [0.25, 0.3) is 0 Å². The second kappa shape index (κ2) is 6.37. The van der Waals surface area contributed by atoms with Gasteiger partial charge in [-0.2, -0.15) is 0 Å². The summed E-state index contributed by atoms with van der Waals surface area (Å²) in [6.07, 6.45) is 0.641. The predicted octanol–water partition coefficient (Wildman–Crippen LogP) is 4.54. The fourth-order valence-electron chi connectivity index (χ4n) is 1.63. The lowest BCUT2D eigenvalue weighted by Crippen LogP contribution is -2.03. The molecule has 0 radical (unpaired) electrons. The maximum atomic E-state index is 13.9. The number of ether oxygens (including phenoxy) is 1. The van der Waals surface area contributed by atoms with Crippen molar-refractivity contribution in [3.63, 3.8) is 0 Å². The highest BCUT2D eigenvalue weighted by Gasteiger charge is 2.08. The van der Waals surface area contributed by atoms with E-state index in [4.69, 9.17) is 22.1 Å². The zero-order valence-corrected chi connectivity index (χ0v) is 12.3. The van der Waals surface area contributed by atoms with Crippen molar-refractivity contribution in [1.82, 2.24) is 0 Å². The molecule has 2 aromatic carbocycles. The smallest absolute Gasteiger partial charge is 0.165 e. The molecule has 0 bridgehead atoms. The molecule has 0 amide bonds. The maximum Gasteiger partial charge on any atom is 0.165 e. The Balaban J connectivity index is 2.23. The summed E-state index contributed by atoms with van der Waals surface area (Å²) >= 11 is 9.16. The summed E-state index contributed by atoms with van der Waals surface area (Å²) in [6, 6.07) is 9.89. The second-order valence-electron chi connectivity index (χ2n) is 3.98. The Morgan fingerprint density at radius 1 is 1.16 bits per heavy atom. The molecule has 0 saturated carbocycles. The quantitative estimate of drug-likeness (QED) is 0.884. The summed E-state index contributed by atoms with van der Waals surface area (Å²) in [5.74, 6) is 0.270. The van der Waals surface area contributed by atoms with Crippen LogP contribution in [-0.4, -0.2) is 6.54 Å². The summed E-state index contributed by atoms with van der Waals surface area (Å²) in [4.78, 5) is 0. The van der Waals surface area contributed by atoms with Gasteiger partial charge in [-0.1, -0.05) is 17.7 Å². The largest absolute Gasteiger partial charge is 0.453 e. The van der Waals surface area contributed by atoms with Crippen LogP contribution in [0.1, 0.15) is 5.56 Å². The van der Waals surface area contributed by atoms with E-state index in [0.29, 0.717) is 28.2 Å². The maximum absolute atomic E-state index is 13.9. The number of halogens is 3. The van der Waals surface area contributed by atoms with Crippen LogP contribution in [0.4, 0.5) is 4.39 Å². The van der Waals surface area contributed by atoms with Crippen LogP contribution < -0.4 is 10.5 Å². The minimum atomic E-state index is -0.409. The number of hydrogen-bond donors (Lipinski definition) is 1. The van der Waals surface area contributed by atoms with Crippen LogP contribution in [0.15, 0.2) is 40.9 Å². The minimum absolute atomic E-state index is 0.170. The highest BCUT2D eigenvalue weighted by Crippen LogP contribution is 2.33. The van der Waals surface area contributed by atoms with Gasteiger partial charge >= 0.3 is 0 Å². The topological polar surface area (TPSA) is 35.2 Å². The van der Waals surface area contributed by atoms with Crippen LogP contribution in [0.5, 0.6) is 11.5 Å². The SMILES string of the molecule is NCCc1ccc(Oc2ccc(Cl)cc2Br)c(F)c1. The molecular weight excluding hydrogens is 333 g/mol. The fourth-order valence-corrected chi connectivity index (χ4v) is 2.39. The lowest BCUT2D eigenvalue weighted by atomic mass is 10.1. The van der Waals surface area contributed by atoms with Crippen LogP contribution in [0.2, 0.25) is 5.02 Å². The third-order valence-electron chi connectivity index (χ3n) is 2.54. The molecule has 100 valence electrons. The molecule has 0 saturated heterocycles. The van der Waals surface area contributed by atoms with Gasteiger partial charge in [-0.05, 0) is 64.8 Å². The van der Waals surface area contributed by atoms with Crippen molar-refractivity contribution >= 4 is 27.5 Å². The lowest BCUT2D eigenvalue weighted by molar-refractivity contribution is 0.439. The third-order valence-corrected chi connectivity index (χ3v) is 3.40. The van der Waals surface area contributed by atoms with E-state index in [9.17, 15) is 4.39 Å². The van der Waals surface area contributed by atoms with E-state index in [0.717, 1.165) is 5.56 Å². The molecule has 0 aliphatic carbocycles. The highest BCUT2D eigenvalue weighted by molar-refractivity contribution is 9.10. The lowest BCUT2D eigenvalue weighted by Gasteiger charge is -2.10. The second-order valence-corrected chi connectivity index (χ2v) is 5.27. The molecule has 0 fully saturated rings. The van der Waals surface area contributed by atoms with E-state index in [1.807, 2.05) is 0 Å². The summed E-state index contributed by atoms with van der Waals surface area (Å²) in [5, 5.41) is 0.581. The Kier molecular flexibility index (Phi) is 4.80. The Morgan fingerprint density at radius 3 is 2.53 bits per heavy atom. The Labute approximate surface area is 124 Å². The van der Waals surface area contributed by atoms with Gasteiger partial charge in [0, 0.05) is 5.02 Å². The first kappa shape index (κ1) is 14.3. The normalized spacial score (nSPS) is 10.5. The number of rotatable bonds is 4. The first-order chi connectivity index (χ1) is 9.10. The summed E-state index contributed by atoms with van der Waals surface area (Å²) in [5.41, 5.74) is 6.28. The van der Waals surface area contributed by atoms with Gasteiger partial charge in [0.1, 0.15) is 5.75 Å². The molecule has 2 N–H and O–H groups in total. The van der Waals surface area contributed by atoms with Gasteiger partial charge in [0.15, 0.2) is 11.6 Å². The molecule has 0 spiro atoms. The summed E-state index contributed by atoms with van der Waals surface area (Å²) < 4.78 is 20.1. The molecule has 0 atom stereocenters. The van der Waals surface area contributed by atoms with Gasteiger partial charge in [-0.3, -0.25) is 0 Å². The van der Waals surface area contributed by atoms with Crippen molar-refractivity contribution in [2.75, 3.05) is 6.54 Å². The van der Waals surface area contributed by atoms with E-state index in [1.54, 1.807) is 30.3 Å². The van der Waals surface area contributed by atoms with Crippen molar-refractivity contribution in [3.8, 4) is 11.5 Å². The zero-order chi connectivity index (χ0) is 13.8. The third kappa shape index (κ3) is 3.69. The average Bonchev–Trinajstić information content (AvgIpc) is 2.36. The van der Waals surface area contributed by atoms with E-state index in [-0.39, 0.29) is 5.75 Å². The minimum Gasteiger partial charge on any atom is -0.453 e. The van der Waals surface area contributed by atoms with Gasteiger partial charge in [-0.25, -0.2) is 4.39 Å². The molecule has 2 nitrogen and oxygen atoms in total. The van der Waals surface area contributed by atoms with Crippen molar-refractivity contribution in [1.29, 1.82) is 0 Å². The summed E-state index contributed by atoms with van der Waals surface area (Å²) in [7, 11) is 0. The molecule has 0 aromatic heterocycles. The van der Waals surface area contributed by atoms with Gasteiger partial charge in [0.05, 0.1) is 4.47 Å². The standard InChI is InChI=1S/C14H12BrClFNO/c15-11-8-10(16)2-4-13(11)19-14-3-1-9(5-6-18)7-12(14)17/h1-4,7-8H,5-6,18H2. The van der Waals surface area contributed by atoms with Gasteiger partial charge in [-0.15, -0.1) is 0 Å². The van der Waals surface area contributed by atoms with Crippen molar-refractivity contribution in [2.45, 2.75) is 6.42 Å². The molecular formula is C14H12BrClFNO. The van der Waals surface area contributed by atoms with E-state index >= 15 is 0 Å². The van der Waals surface area contributed by atoms with Crippen LogP contribution >= 0.6 is 27.5 Å². The molecule has 2 aromatic rings. The Morgan fingerprint density at radius 2 is 1.89 bits per heavy atom. The van der Waals surface area contributed by atoms with Gasteiger partial charge in [0.25, 0.3) is 0 Å². The number of benzene rings is 2. The number of nitrogens with two attached hydrogens (primary N) is 1. The van der Waals surface area contributed by atoms with Crippen molar-refractivity contribution < 1.29 is 9.13 Å². The summed E-state index contributed by atoms with van der Waals surface area (Å²) in [6.45, 7) is 0.488.